The van der Waals surface area contributed by atoms with Gasteiger partial charge in [-0.25, -0.2) is 0 Å². The summed E-state index contributed by atoms with van der Waals surface area (Å²) in [5, 5.41) is 13.9. The van der Waals surface area contributed by atoms with Gasteiger partial charge in [0.1, 0.15) is 12.4 Å². The van der Waals surface area contributed by atoms with Crippen LogP contribution in [0.15, 0.2) is 18.2 Å². The molecule has 1 aliphatic heterocycles. The van der Waals surface area contributed by atoms with E-state index in [2.05, 4.69) is 5.32 Å². The van der Waals surface area contributed by atoms with Crippen molar-refractivity contribution in [1.29, 1.82) is 0 Å². The Balaban J connectivity index is 1.98. The second-order valence-electron chi connectivity index (χ2n) is 4.31. The predicted molar refractivity (Wildman–Crippen MR) is 64.4 cm³/mol. The van der Waals surface area contributed by atoms with E-state index in [4.69, 9.17) is 4.74 Å². The molecule has 1 aliphatic rings. The summed E-state index contributed by atoms with van der Waals surface area (Å²) < 4.78 is 5.67. The Bertz CT molecular complexity index is 414. The number of nitro groups is 1. The lowest BCUT2D eigenvalue weighted by Gasteiger charge is -2.13. The summed E-state index contributed by atoms with van der Waals surface area (Å²) in [6.07, 6.45) is 2.32. The van der Waals surface area contributed by atoms with Crippen molar-refractivity contribution < 1.29 is 9.66 Å². The van der Waals surface area contributed by atoms with Gasteiger partial charge >= 0.3 is 0 Å². The number of benzene rings is 1. The topological polar surface area (TPSA) is 64.4 Å². The molecule has 1 aromatic rings. The highest BCUT2D eigenvalue weighted by atomic mass is 16.6. The van der Waals surface area contributed by atoms with Crippen LogP contribution in [0.4, 0.5) is 5.69 Å². The fraction of sp³-hybridized carbons (Fsp3) is 0.500. The van der Waals surface area contributed by atoms with Gasteiger partial charge in [-0.2, -0.15) is 0 Å². The molecule has 1 atom stereocenters. The lowest BCUT2D eigenvalue weighted by Crippen LogP contribution is -2.28. The van der Waals surface area contributed by atoms with E-state index in [-0.39, 0.29) is 5.69 Å². The van der Waals surface area contributed by atoms with Crippen LogP contribution in [0.25, 0.3) is 0 Å². The average molecular weight is 236 g/mol. The van der Waals surface area contributed by atoms with Crippen LogP contribution in [0.5, 0.6) is 5.75 Å². The molecule has 1 fully saturated rings. The molecular weight excluding hydrogens is 220 g/mol. The van der Waals surface area contributed by atoms with Gasteiger partial charge < -0.3 is 10.1 Å². The maximum atomic E-state index is 10.6. The van der Waals surface area contributed by atoms with Crippen LogP contribution in [0, 0.1) is 17.0 Å². The van der Waals surface area contributed by atoms with Crippen molar-refractivity contribution in [3.8, 4) is 5.75 Å². The molecule has 0 aromatic heterocycles. The standard InChI is InChI=1S/C12H16N2O3/c1-9-7-11(14(15)16)4-5-12(9)17-8-10-3-2-6-13-10/h4-5,7,10,13H,2-3,6,8H2,1H3/t10-/m0/s1. The molecule has 0 aliphatic carbocycles. The molecule has 0 spiro atoms. The molecule has 0 unspecified atom stereocenters. The fourth-order valence-corrected chi connectivity index (χ4v) is 2.00. The first kappa shape index (κ1) is 11.9. The Hall–Kier alpha value is -1.62. The van der Waals surface area contributed by atoms with E-state index in [1.54, 1.807) is 6.07 Å². The monoisotopic (exact) mass is 236 g/mol. The number of non-ortho nitro benzene ring substituents is 1. The Kier molecular flexibility index (Phi) is 3.58. The molecule has 0 bridgehead atoms. The van der Waals surface area contributed by atoms with Crippen molar-refractivity contribution in [1.82, 2.24) is 5.32 Å². The zero-order valence-corrected chi connectivity index (χ0v) is 9.81. The van der Waals surface area contributed by atoms with Crippen molar-refractivity contribution in [2.24, 2.45) is 0 Å². The predicted octanol–water partition coefficient (Wildman–Crippen LogP) is 2.03. The smallest absolute Gasteiger partial charge is 0.269 e. The fourth-order valence-electron chi connectivity index (χ4n) is 2.00. The Morgan fingerprint density at radius 2 is 2.41 bits per heavy atom. The SMILES string of the molecule is Cc1cc([N+](=O)[O-])ccc1OC[C@@H]1CCCN1. The van der Waals surface area contributed by atoms with Crippen molar-refractivity contribution >= 4 is 5.69 Å². The quantitative estimate of drug-likeness (QED) is 0.641. The van der Waals surface area contributed by atoms with Crippen LogP contribution in [0.2, 0.25) is 0 Å². The maximum absolute atomic E-state index is 10.6. The summed E-state index contributed by atoms with van der Waals surface area (Å²) in [6.45, 7) is 3.50. The van der Waals surface area contributed by atoms with E-state index in [1.807, 2.05) is 6.92 Å². The first-order valence-corrected chi connectivity index (χ1v) is 5.78. The zero-order valence-electron chi connectivity index (χ0n) is 9.81. The summed E-state index contributed by atoms with van der Waals surface area (Å²) in [4.78, 5) is 10.2. The number of hydrogen-bond donors (Lipinski definition) is 1. The lowest BCUT2D eigenvalue weighted by atomic mass is 10.2. The third kappa shape index (κ3) is 2.94. The van der Waals surface area contributed by atoms with Gasteiger partial charge in [0.05, 0.1) is 4.92 Å². The molecule has 0 amide bonds. The highest BCUT2D eigenvalue weighted by molar-refractivity contribution is 5.42. The molecule has 1 N–H and O–H groups in total. The minimum atomic E-state index is -0.394. The molecule has 92 valence electrons. The summed E-state index contributed by atoms with van der Waals surface area (Å²) in [7, 11) is 0. The molecule has 0 radical (unpaired) electrons. The third-order valence-corrected chi connectivity index (χ3v) is 2.97. The van der Waals surface area contributed by atoms with Gasteiger partial charge in [-0.1, -0.05) is 0 Å². The van der Waals surface area contributed by atoms with Gasteiger partial charge in [0, 0.05) is 18.2 Å². The van der Waals surface area contributed by atoms with Crippen LogP contribution in [-0.4, -0.2) is 24.1 Å². The Labute approximate surface area is 99.9 Å². The summed E-state index contributed by atoms with van der Waals surface area (Å²) in [6, 6.07) is 5.09. The normalized spacial score (nSPS) is 19.2. The molecular formula is C12H16N2O3. The second-order valence-corrected chi connectivity index (χ2v) is 4.31. The number of nitrogens with one attached hydrogen (secondary N) is 1. The maximum Gasteiger partial charge on any atom is 0.269 e. The first-order chi connectivity index (χ1) is 8.16. The summed E-state index contributed by atoms with van der Waals surface area (Å²) in [5.41, 5.74) is 0.908. The van der Waals surface area contributed by atoms with Gasteiger partial charge in [0.2, 0.25) is 0 Å². The number of nitro benzene ring substituents is 1. The van der Waals surface area contributed by atoms with E-state index >= 15 is 0 Å². The van der Waals surface area contributed by atoms with E-state index in [9.17, 15) is 10.1 Å². The van der Waals surface area contributed by atoms with Gasteiger partial charge in [0.25, 0.3) is 5.69 Å². The molecule has 5 heteroatoms. The van der Waals surface area contributed by atoms with Crippen molar-refractivity contribution in [3.63, 3.8) is 0 Å². The molecule has 0 saturated carbocycles. The molecule has 1 heterocycles. The molecule has 17 heavy (non-hydrogen) atoms. The molecule has 5 nitrogen and oxygen atoms in total. The van der Waals surface area contributed by atoms with Crippen LogP contribution < -0.4 is 10.1 Å². The number of rotatable bonds is 4. The summed E-state index contributed by atoms with van der Waals surface area (Å²) >= 11 is 0. The van der Waals surface area contributed by atoms with E-state index < -0.39 is 4.92 Å². The van der Waals surface area contributed by atoms with Gasteiger partial charge in [0.15, 0.2) is 0 Å². The number of ether oxygens (including phenoxy) is 1. The minimum absolute atomic E-state index is 0.105. The summed E-state index contributed by atoms with van der Waals surface area (Å²) in [5.74, 6) is 0.726. The Morgan fingerprint density at radius 3 is 3.00 bits per heavy atom. The zero-order chi connectivity index (χ0) is 12.3. The highest BCUT2D eigenvalue weighted by Gasteiger charge is 2.15. The highest BCUT2D eigenvalue weighted by Crippen LogP contribution is 2.23. The lowest BCUT2D eigenvalue weighted by molar-refractivity contribution is -0.384. The van der Waals surface area contributed by atoms with Gasteiger partial charge in [-0.3, -0.25) is 10.1 Å². The van der Waals surface area contributed by atoms with Crippen LogP contribution in [-0.2, 0) is 0 Å². The average Bonchev–Trinajstić information content (AvgIpc) is 2.80. The van der Waals surface area contributed by atoms with Crippen LogP contribution in [0.1, 0.15) is 18.4 Å². The van der Waals surface area contributed by atoms with Crippen LogP contribution >= 0.6 is 0 Å². The molecule has 1 saturated heterocycles. The van der Waals surface area contributed by atoms with Crippen LogP contribution in [0.3, 0.4) is 0 Å². The second kappa shape index (κ2) is 5.14. The number of hydrogen-bond acceptors (Lipinski definition) is 4. The Morgan fingerprint density at radius 1 is 1.59 bits per heavy atom. The largest absolute Gasteiger partial charge is 0.492 e. The minimum Gasteiger partial charge on any atom is -0.492 e. The van der Waals surface area contributed by atoms with Crippen molar-refractivity contribution in [3.05, 3.63) is 33.9 Å². The van der Waals surface area contributed by atoms with E-state index in [0.29, 0.717) is 12.6 Å². The van der Waals surface area contributed by atoms with E-state index in [0.717, 1.165) is 24.3 Å². The number of aryl methyl sites for hydroxylation is 1. The number of nitrogens with zero attached hydrogens (tertiary/aromatic N) is 1. The van der Waals surface area contributed by atoms with Crippen molar-refractivity contribution in [2.45, 2.75) is 25.8 Å². The first-order valence-electron chi connectivity index (χ1n) is 5.78. The third-order valence-electron chi connectivity index (χ3n) is 2.97. The van der Waals surface area contributed by atoms with Gasteiger partial charge in [-0.15, -0.1) is 0 Å². The molecule has 1 aromatic carbocycles. The molecule has 2 rings (SSSR count). The van der Waals surface area contributed by atoms with Gasteiger partial charge in [-0.05, 0) is 37.9 Å². The van der Waals surface area contributed by atoms with E-state index in [1.165, 1.54) is 18.6 Å². The van der Waals surface area contributed by atoms with Crippen molar-refractivity contribution in [2.75, 3.05) is 13.2 Å².